The molecule has 0 saturated carbocycles. The number of phosphoric ester groups is 1. The molecule has 0 aromatic carbocycles. The van der Waals surface area contributed by atoms with Gasteiger partial charge in [0, 0.05) is 6.61 Å². The minimum absolute atomic E-state index is 0.519. The van der Waals surface area contributed by atoms with E-state index in [4.69, 9.17) is 14.5 Å². The molecular weight excluding hydrogens is 171 g/mol. The van der Waals surface area contributed by atoms with Gasteiger partial charge in [0.1, 0.15) is 0 Å². The Morgan fingerprint density at radius 2 is 2.18 bits per heavy atom. The molecule has 1 saturated heterocycles. The van der Waals surface area contributed by atoms with Gasteiger partial charge in [-0.25, -0.2) is 4.57 Å². The van der Waals surface area contributed by atoms with Crippen molar-refractivity contribution in [3.63, 3.8) is 0 Å². The van der Waals surface area contributed by atoms with Gasteiger partial charge in [0.15, 0.2) is 6.29 Å². The topological polar surface area (TPSA) is 76.0 Å². The van der Waals surface area contributed by atoms with E-state index in [9.17, 15) is 4.57 Å². The maximum absolute atomic E-state index is 10.3. The summed E-state index contributed by atoms with van der Waals surface area (Å²) in [5, 5.41) is 0. The van der Waals surface area contributed by atoms with Crippen LogP contribution in [0.15, 0.2) is 0 Å². The van der Waals surface area contributed by atoms with Crippen LogP contribution in [0.3, 0.4) is 0 Å². The van der Waals surface area contributed by atoms with Crippen molar-refractivity contribution in [1.29, 1.82) is 0 Å². The monoisotopic (exact) mass is 182 g/mol. The van der Waals surface area contributed by atoms with Crippen LogP contribution < -0.4 is 0 Å². The average molecular weight is 182 g/mol. The Bertz CT molecular complexity index is 158. The zero-order valence-electron chi connectivity index (χ0n) is 5.97. The fraction of sp³-hybridized carbons (Fsp3) is 1.00. The van der Waals surface area contributed by atoms with E-state index in [2.05, 4.69) is 4.52 Å². The van der Waals surface area contributed by atoms with Gasteiger partial charge < -0.3 is 14.5 Å². The lowest BCUT2D eigenvalue weighted by Gasteiger charge is -2.22. The van der Waals surface area contributed by atoms with E-state index in [1.807, 2.05) is 0 Å². The molecule has 0 aromatic rings. The quantitative estimate of drug-likeness (QED) is 0.612. The lowest BCUT2D eigenvalue weighted by Crippen LogP contribution is -2.20. The first-order valence-corrected chi connectivity index (χ1v) is 4.96. The van der Waals surface area contributed by atoms with Gasteiger partial charge in [0.05, 0.1) is 0 Å². The lowest BCUT2D eigenvalue weighted by atomic mass is 10.2. The Kier molecular flexibility index (Phi) is 3.04. The van der Waals surface area contributed by atoms with Crippen LogP contribution in [0.4, 0.5) is 0 Å². The lowest BCUT2D eigenvalue weighted by molar-refractivity contribution is -0.116. The minimum atomic E-state index is -4.36. The largest absolute Gasteiger partial charge is 0.471 e. The number of ether oxygens (including phenoxy) is 1. The van der Waals surface area contributed by atoms with Gasteiger partial charge >= 0.3 is 7.82 Å². The van der Waals surface area contributed by atoms with Crippen LogP contribution in [-0.2, 0) is 13.8 Å². The molecule has 1 fully saturated rings. The smallest absolute Gasteiger partial charge is 0.352 e. The number of rotatable bonds is 2. The molecule has 1 rings (SSSR count). The Labute approximate surface area is 64.6 Å². The molecule has 1 aliphatic heterocycles. The van der Waals surface area contributed by atoms with E-state index in [1.165, 1.54) is 0 Å². The molecule has 0 bridgehead atoms. The van der Waals surface area contributed by atoms with Crippen molar-refractivity contribution in [3.8, 4) is 0 Å². The summed E-state index contributed by atoms with van der Waals surface area (Å²) in [6.07, 6.45) is 1.67. The van der Waals surface area contributed by atoms with Gasteiger partial charge in [-0.05, 0) is 19.3 Å². The molecule has 5 nitrogen and oxygen atoms in total. The molecule has 0 amide bonds. The highest BCUT2D eigenvalue weighted by Crippen LogP contribution is 2.39. The normalized spacial score (nSPS) is 26.9. The van der Waals surface area contributed by atoms with Crippen LogP contribution in [0.5, 0.6) is 0 Å². The summed E-state index contributed by atoms with van der Waals surface area (Å²) in [6.45, 7) is 0.519. The standard InChI is InChI=1S/C5H11O5P/c6-11(7,8)10-5-3-1-2-4-9-5/h5H,1-4H2,(H2,6,7,8)/t5-/m1/s1. The highest BCUT2D eigenvalue weighted by molar-refractivity contribution is 7.46. The third-order valence-electron chi connectivity index (χ3n) is 1.39. The second-order valence-electron chi connectivity index (χ2n) is 2.39. The summed E-state index contributed by atoms with van der Waals surface area (Å²) in [4.78, 5) is 16.8. The summed E-state index contributed by atoms with van der Waals surface area (Å²) in [5.41, 5.74) is 0. The summed E-state index contributed by atoms with van der Waals surface area (Å²) in [6, 6.07) is 0. The highest BCUT2D eigenvalue weighted by Gasteiger charge is 2.24. The van der Waals surface area contributed by atoms with Crippen molar-refractivity contribution in [2.45, 2.75) is 25.6 Å². The Hall–Kier alpha value is 0.0700. The molecule has 6 heteroatoms. The zero-order chi connectivity index (χ0) is 8.32. The maximum atomic E-state index is 10.3. The molecule has 1 aliphatic rings. The first-order chi connectivity index (χ1) is 5.08. The van der Waals surface area contributed by atoms with Crippen molar-refractivity contribution < 1.29 is 23.6 Å². The molecule has 0 aromatic heterocycles. The van der Waals surface area contributed by atoms with Gasteiger partial charge in [-0.15, -0.1) is 0 Å². The SMILES string of the molecule is O=P(O)(O)O[C@@H]1CCCCO1. The van der Waals surface area contributed by atoms with E-state index < -0.39 is 14.1 Å². The molecule has 1 heterocycles. The summed E-state index contributed by atoms with van der Waals surface area (Å²) in [7, 11) is -4.36. The van der Waals surface area contributed by atoms with Gasteiger partial charge in [-0.2, -0.15) is 0 Å². The predicted octanol–water partition coefficient (Wildman–Crippen LogP) is 0.622. The van der Waals surface area contributed by atoms with Crippen LogP contribution in [0.25, 0.3) is 0 Å². The fourth-order valence-electron chi connectivity index (χ4n) is 0.947. The van der Waals surface area contributed by atoms with Crippen molar-refractivity contribution in [3.05, 3.63) is 0 Å². The number of phosphoric acid groups is 1. The number of hydrogen-bond acceptors (Lipinski definition) is 3. The van der Waals surface area contributed by atoms with Crippen molar-refractivity contribution in [1.82, 2.24) is 0 Å². The molecule has 1 atom stereocenters. The third kappa shape index (κ3) is 3.84. The first-order valence-electron chi connectivity index (χ1n) is 3.43. The predicted molar refractivity (Wildman–Crippen MR) is 36.7 cm³/mol. The van der Waals surface area contributed by atoms with Crippen LogP contribution >= 0.6 is 7.82 Å². The van der Waals surface area contributed by atoms with E-state index in [0.29, 0.717) is 13.0 Å². The fourth-order valence-corrected chi connectivity index (χ4v) is 1.42. The van der Waals surface area contributed by atoms with Gasteiger partial charge in [-0.1, -0.05) is 0 Å². The van der Waals surface area contributed by atoms with E-state index in [0.717, 1.165) is 12.8 Å². The second-order valence-corrected chi connectivity index (χ2v) is 3.58. The van der Waals surface area contributed by atoms with Crippen LogP contribution in [0.1, 0.15) is 19.3 Å². The minimum Gasteiger partial charge on any atom is -0.352 e. The molecule has 0 spiro atoms. The van der Waals surface area contributed by atoms with Crippen molar-refractivity contribution >= 4 is 7.82 Å². The molecule has 11 heavy (non-hydrogen) atoms. The van der Waals surface area contributed by atoms with Crippen LogP contribution in [0, 0.1) is 0 Å². The molecule has 0 radical (unpaired) electrons. The van der Waals surface area contributed by atoms with Crippen LogP contribution in [-0.4, -0.2) is 22.7 Å². The average Bonchev–Trinajstić information content (AvgIpc) is 1.85. The van der Waals surface area contributed by atoms with Gasteiger partial charge in [0.2, 0.25) is 0 Å². The van der Waals surface area contributed by atoms with Crippen molar-refractivity contribution in [2.75, 3.05) is 6.61 Å². The highest BCUT2D eigenvalue weighted by atomic mass is 31.2. The van der Waals surface area contributed by atoms with E-state index in [1.54, 1.807) is 0 Å². The second kappa shape index (κ2) is 3.65. The van der Waals surface area contributed by atoms with Crippen LogP contribution in [0.2, 0.25) is 0 Å². The van der Waals surface area contributed by atoms with Crippen molar-refractivity contribution in [2.24, 2.45) is 0 Å². The first kappa shape index (κ1) is 9.16. The summed E-state index contributed by atoms with van der Waals surface area (Å²) in [5.74, 6) is 0. The Balaban J connectivity index is 2.30. The third-order valence-corrected chi connectivity index (χ3v) is 1.90. The molecule has 0 aliphatic carbocycles. The summed E-state index contributed by atoms with van der Waals surface area (Å²) < 4.78 is 19.6. The Morgan fingerprint density at radius 1 is 1.45 bits per heavy atom. The molecule has 2 N–H and O–H groups in total. The number of hydrogen-bond donors (Lipinski definition) is 2. The molecule has 66 valence electrons. The molecule has 0 unspecified atom stereocenters. The van der Waals surface area contributed by atoms with Gasteiger partial charge in [-0.3, -0.25) is 4.52 Å². The maximum Gasteiger partial charge on any atom is 0.471 e. The Morgan fingerprint density at radius 3 is 2.64 bits per heavy atom. The van der Waals surface area contributed by atoms with E-state index in [-0.39, 0.29) is 0 Å². The zero-order valence-corrected chi connectivity index (χ0v) is 6.87. The summed E-state index contributed by atoms with van der Waals surface area (Å²) >= 11 is 0. The van der Waals surface area contributed by atoms with E-state index >= 15 is 0 Å². The van der Waals surface area contributed by atoms with Gasteiger partial charge in [0.25, 0.3) is 0 Å². The molecular formula is C5H11O5P.